The summed E-state index contributed by atoms with van der Waals surface area (Å²) < 4.78 is 62.6. The molecule has 4 aromatic carbocycles. The van der Waals surface area contributed by atoms with Crippen LogP contribution in [0.15, 0.2) is 133 Å². The van der Waals surface area contributed by atoms with Crippen molar-refractivity contribution in [1.29, 1.82) is 0 Å². The smallest absolute Gasteiger partial charge is 0.406 e. The maximum absolute atomic E-state index is 15.4. The maximum Gasteiger partial charge on any atom is 0.406 e. The third-order valence-electron chi connectivity index (χ3n) is 14.2. The van der Waals surface area contributed by atoms with Gasteiger partial charge in [-0.25, -0.2) is 36.2 Å². The first kappa shape index (κ1) is 56.1. The van der Waals surface area contributed by atoms with E-state index in [1.807, 2.05) is 84.9 Å². The summed E-state index contributed by atoms with van der Waals surface area (Å²) >= 11 is 0. The van der Waals surface area contributed by atoms with Crippen molar-refractivity contribution in [3.63, 3.8) is 0 Å². The second-order valence-electron chi connectivity index (χ2n) is 19.6. The summed E-state index contributed by atoms with van der Waals surface area (Å²) in [6.07, 6.45) is -0.875. The lowest BCUT2D eigenvalue weighted by atomic mass is 9.80. The molecule has 2 saturated heterocycles. The van der Waals surface area contributed by atoms with Crippen LogP contribution >= 0.6 is 7.75 Å². The second-order valence-corrected chi connectivity index (χ2v) is 21.4. The zero-order valence-corrected chi connectivity index (χ0v) is 45.6. The van der Waals surface area contributed by atoms with E-state index in [1.165, 1.54) is 23.5 Å². The van der Waals surface area contributed by atoms with Crippen LogP contribution in [0.5, 0.6) is 11.5 Å². The molecule has 24 nitrogen and oxygen atoms in total. The monoisotopic (exact) mass is 1120 g/mol. The van der Waals surface area contributed by atoms with Gasteiger partial charge in [0, 0.05) is 23.8 Å². The number of H-pyrrole nitrogens is 1. The number of nitrogens with one attached hydrogen (secondary N) is 4. The number of aliphatic hydroxyl groups excluding tert-OH is 1. The molecule has 2 aliphatic rings. The third kappa shape index (κ3) is 11.7. The van der Waals surface area contributed by atoms with Crippen LogP contribution in [0.2, 0.25) is 0 Å². The number of aliphatic hydroxyl groups is 1. The lowest BCUT2D eigenvalue weighted by Crippen LogP contribution is -2.42. The molecule has 0 saturated carbocycles. The summed E-state index contributed by atoms with van der Waals surface area (Å²) in [5.41, 5.74) is 1.33. The van der Waals surface area contributed by atoms with Crippen LogP contribution in [0.4, 0.5) is 11.8 Å². The zero-order chi connectivity index (χ0) is 56.8. The van der Waals surface area contributed by atoms with Gasteiger partial charge < -0.3 is 39.0 Å². The Labute approximate surface area is 464 Å². The highest BCUT2D eigenvalue weighted by molar-refractivity contribution is 7.51. The number of aromatic amines is 1. The van der Waals surface area contributed by atoms with Gasteiger partial charge in [0.1, 0.15) is 42.4 Å². The molecule has 8 unspecified atom stereocenters. The zero-order valence-electron chi connectivity index (χ0n) is 44.7. The van der Waals surface area contributed by atoms with Gasteiger partial charge in [-0.2, -0.15) is 4.98 Å². The van der Waals surface area contributed by atoms with E-state index in [-0.39, 0.29) is 60.5 Å². The number of carbonyl (C=O) groups excluding carboxylic acids is 2. The molecule has 2 fully saturated rings. The fraction of sp³-hybridized carbons (Fsp3) is 0.339. The number of ether oxygens (including phenoxy) is 5. The highest BCUT2D eigenvalue weighted by Gasteiger charge is 2.48. The van der Waals surface area contributed by atoms with Gasteiger partial charge in [0.15, 0.2) is 34.4 Å². The normalized spacial score (nSPS) is 20.7. The lowest BCUT2D eigenvalue weighted by Gasteiger charge is -2.37. The van der Waals surface area contributed by atoms with Gasteiger partial charge in [-0.05, 0) is 53.1 Å². The molecule has 0 spiro atoms. The van der Waals surface area contributed by atoms with E-state index in [0.29, 0.717) is 22.7 Å². The number of rotatable bonds is 22. The van der Waals surface area contributed by atoms with Crippen molar-refractivity contribution in [2.75, 3.05) is 51.2 Å². The molecular weight excluding hydrogens is 1060 g/mol. The minimum Gasteiger partial charge on any atom is -0.497 e. The van der Waals surface area contributed by atoms with Gasteiger partial charge in [-0.15, -0.1) is 0 Å². The highest BCUT2D eigenvalue weighted by Crippen LogP contribution is 2.49. The summed E-state index contributed by atoms with van der Waals surface area (Å²) in [5.74, 6) is -0.542. The van der Waals surface area contributed by atoms with E-state index in [1.54, 1.807) is 63.8 Å². The van der Waals surface area contributed by atoms with Crippen molar-refractivity contribution in [1.82, 2.24) is 44.1 Å². The molecule has 81 heavy (non-hydrogen) atoms. The van der Waals surface area contributed by atoms with E-state index >= 15 is 4.57 Å². The van der Waals surface area contributed by atoms with Crippen LogP contribution in [-0.4, -0.2) is 121 Å². The van der Waals surface area contributed by atoms with Gasteiger partial charge in [0.25, 0.3) is 11.5 Å². The number of anilines is 2. The van der Waals surface area contributed by atoms with Gasteiger partial charge >= 0.3 is 7.75 Å². The Morgan fingerprint density at radius 2 is 1.46 bits per heavy atom. The molecule has 0 aliphatic carbocycles. The first-order valence-corrected chi connectivity index (χ1v) is 27.6. The Bertz CT molecular complexity index is 3610. The number of aromatic nitrogens is 8. The topological polar surface area (TPSA) is 284 Å². The molecule has 8 aromatic rings. The Morgan fingerprint density at radius 3 is 2.11 bits per heavy atom. The standard InChI is InChI=1S/C56H59N12O12P/c1-33(2)51(70)64-55-63-50-46(53(72)65-55)61-32-68(50)54-47(69)34(3)42(80-54)29-78-81(73,77-26-25-57-4)66-41-27-44(67-31-60-45-48(58-30-59-49(45)67)62-52(71)35-13-9-7-10-14-35)79-43(41)28-76-56(36-15-11-8-12-16-36,37-17-21-39(74-5)22-18-37)38-19-23-40(75-6)24-20-38/h7-24,30-34,41-44,47,54,69H,25-29H2,1-3,5-6H3,(H,66,73)(H,58,59,62,71)(H2,63,64,65,70,72). The lowest BCUT2D eigenvalue weighted by molar-refractivity contribution is -0.118. The van der Waals surface area contributed by atoms with Crippen molar-refractivity contribution in [3.05, 3.63) is 172 Å². The fourth-order valence-corrected chi connectivity index (χ4v) is 11.4. The minimum atomic E-state index is -4.48. The van der Waals surface area contributed by atoms with Gasteiger partial charge in [-0.3, -0.25) is 42.9 Å². The second kappa shape index (κ2) is 24.2. The average molecular weight is 1120 g/mol. The minimum absolute atomic E-state index is 0.0371. The van der Waals surface area contributed by atoms with E-state index in [9.17, 15) is 19.5 Å². The van der Waals surface area contributed by atoms with Crippen LogP contribution in [0, 0.1) is 18.4 Å². The van der Waals surface area contributed by atoms with E-state index in [0.717, 1.165) is 16.7 Å². The molecular formula is C56H59N12O12P. The van der Waals surface area contributed by atoms with E-state index < -0.39 is 80.1 Å². The largest absolute Gasteiger partial charge is 0.497 e. The number of nitrogens with zero attached hydrogens (tertiary/aromatic N) is 8. The maximum atomic E-state index is 15.4. The van der Waals surface area contributed by atoms with Crippen molar-refractivity contribution in [2.24, 2.45) is 11.8 Å². The van der Waals surface area contributed by atoms with Gasteiger partial charge in [0.05, 0.1) is 58.3 Å². The highest BCUT2D eigenvalue weighted by atomic mass is 31.2. The molecule has 420 valence electrons. The van der Waals surface area contributed by atoms with Crippen LogP contribution in [0.3, 0.4) is 0 Å². The number of carbonyl (C=O) groups is 2. The van der Waals surface area contributed by atoms with Crippen LogP contribution in [0.25, 0.3) is 27.2 Å². The Balaban J connectivity index is 0.981. The predicted octanol–water partition coefficient (Wildman–Crippen LogP) is 7.03. The molecule has 2 amide bonds. The van der Waals surface area contributed by atoms with Crippen LogP contribution in [0.1, 0.15) is 66.7 Å². The summed E-state index contributed by atoms with van der Waals surface area (Å²) in [6, 6.07) is 32.5. The number of hydrogen-bond acceptors (Lipinski definition) is 17. The summed E-state index contributed by atoms with van der Waals surface area (Å²) in [4.78, 5) is 67.1. The molecule has 0 bridgehead atoms. The van der Waals surface area contributed by atoms with Crippen LogP contribution in [-0.2, 0) is 38.2 Å². The molecule has 8 atom stereocenters. The quantitative estimate of drug-likeness (QED) is 0.0197. The number of benzene rings is 4. The first-order valence-electron chi connectivity index (χ1n) is 26.0. The number of amides is 2. The van der Waals surface area contributed by atoms with Gasteiger partial charge in [-0.1, -0.05) is 93.6 Å². The van der Waals surface area contributed by atoms with Crippen LogP contribution < -0.4 is 30.8 Å². The number of imidazole rings is 2. The number of methoxy groups -OCH3 is 2. The van der Waals surface area contributed by atoms with E-state index in [2.05, 4.69) is 50.5 Å². The van der Waals surface area contributed by atoms with Gasteiger partial charge in [0.2, 0.25) is 18.4 Å². The van der Waals surface area contributed by atoms with Crippen molar-refractivity contribution < 1.29 is 52.0 Å². The molecule has 6 heterocycles. The Kier molecular flexibility index (Phi) is 16.8. The number of fused-ring (bicyclic) bond motifs is 2. The van der Waals surface area contributed by atoms with Crippen molar-refractivity contribution in [2.45, 2.75) is 69.6 Å². The Morgan fingerprint density at radius 1 is 0.815 bits per heavy atom. The van der Waals surface area contributed by atoms with Crippen molar-refractivity contribution >= 4 is 53.7 Å². The molecule has 4 aromatic heterocycles. The molecule has 5 N–H and O–H groups in total. The molecule has 0 radical (unpaired) electrons. The summed E-state index contributed by atoms with van der Waals surface area (Å²) in [6.45, 7) is 11.6. The molecule has 25 heteroatoms. The fourth-order valence-electron chi connectivity index (χ4n) is 9.81. The SMILES string of the molecule is [C-]#[N+]CCOP(=O)(NC1CC(n2cnc3c(NC(=O)c4ccccc4)ncnc32)OC1COC(c1ccccc1)(c1ccc(OC)cc1)c1ccc(OC)cc1)OCC1OC(n2cnc3c(=O)[nH]c(NC(=O)C(C)C)nc32)C(O)C1C. The first-order chi connectivity index (χ1) is 39.2. The molecule has 10 rings (SSSR count). The summed E-state index contributed by atoms with van der Waals surface area (Å²) in [5, 5.41) is 20.3. The predicted molar refractivity (Wildman–Crippen MR) is 295 cm³/mol. The van der Waals surface area contributed by atoms with E-state index in [4.69, 9.17) is 39.3 Å². The third-order valence-corrected chi connectivity index (χ3v) is 15.9. The summed E-state index contributed by atoms with van der Waals surface area (Å²) in [7, 11) is -1.31. The molecule has 2 aliphatic heterocycles. The van der Waals surface area contributed by atoms with Crippen molar-refractivity contribution in [3.8, 4) is 11.5 Å². The number of hydrogen-bond donors (Lipinski definition) is 5. The average Bonchev–Trinajstić information content (AvgIpc) is 4.35. The Hall–Kier alpha value is -8.24.